The number of hydrogen-bond acceptors (Lipinski definition) is 3. The van der Waals surface area contributed by atoms with Crippen LogP contribution in [0.3, 0.4) is 0 Å². The summed E-state index contributed by atoms with van der Waals surface area (Å²) in [6.07, 6.45) is 8.08. The van der Waals surface area contributed by atoms with E-state index in [0.717, 1.165) is 0 Å². The number of piperidine rings is 1. The Morgan fingerprint density at radius 3 is 3.00 bits per heavy atom. The first-order chi connectivity index (χ1) is 6.24. The maximum atomic E-state index is 11.4. The highest BCUT2D eigenvalue weighted by Crippen LogP contribution is 2.21. The van der Waals surface area contributed by atoms with E-state index in [2.05, 4.69) is 6.04 Å². The predicted octanol–water partition coefficient (Wildman–Crippen LogP) is 0.507. The molecule has 1 aliphatic rings. The van der Waals surface area contributed by atoms with Crippen molar-refractivity contribution in [2.24, 2.45) is 0 Å². The number of nitrogens with zero attached hydrogens (tertiary/aromatic N) is 1. The lowest BCUT2D eigenvalue weighted by Crippen LogP contribution is -2.40. The van der Waals surface area contributed by atoms with Crippen LogP contribution < -0.4 is 0 Å². The maximum absolute atomic E-state index is 11.4. The van der Waals surface area contributed by atoms with Crippen molar-refractivity contribution in [3.8, 4) is 12.5 Å². The Bertz CT molecular complexity index is 275. The van der Waals surface area contributed by atoms with Gasteiger partial charge in [0.1, 0.15) is 0 Å². The minimum atomic E-state index is -0.103. The van der Waals surface area contributed by atoms with E-state index in [1.165, 1.54) is 4.90 Å². The van der Waals surface area contributed by atoms with Gasteiger partial charge in [0.2, 0.25) is 0 Å². The summed E-state index contributed by atoms with van der Waals surface area (Å²) < 4.78 is 0. The van der Waals surface area contributed by atoms with Crippen molar-refractivity contribution < 1.29 is 9.90 Å². The molecule has 0 radical (unpaired) electrons. The Labute approximate surface area is 78.0 Å². The van der Waals surface area contributed by atoms with Gasteiger partial charge in [0.15, 0.2) is 5.78 Å². The molecule has 0 spiro atoms. The van der Waals surface area contributed by atoms with E-state index in [0.29, 0.717) is 18.5 Å². The van der Waals surface area contributed by atoms with Crippen LogP contribution in [0.25, 0.3) is 0 Å². The largest absolute Gasteiger partial charge is 0.394 e. The lowest BCUT2D eigenvalue weighted by molar-refractivity contribution is -0.119. The molecule has 1 unspecified atom stereocenters. The number of aliphatic hydroxyl groups excluding tert-OH is 1. The zero-order valence-corrected chi connectivity index (χ0v) is 7.66. The third-order valence-electron chi connectivity index (χ3n) is 2.24. The van der Waals surface area contributed by atoms with Crippen molar-refractivity contribution in [3.63, 3.8) is 0 Å². The van der Waals surface area contributed by atoms with E-state index in [4.69, 9.17) is 11.5 Å². The van der Waals surface area contributed by atoms with Gasteiger partial charge in [0.25, 0.3) is 0 Å². The van der Waals surface area contributed by atoms with Crippen LogP contribution in [0.15, 0.2) is 11.8 Å². The van der Waals surface area contributed by atoms with Crippen LogP contribution >= 0.6 is 0 Å². The molecule has 1 N–H and O–H groups in total. The highest BCUT2D eigenvalue weighted by molar-refractivity contribution is 5.95. The van der Waals surface area contributed by atoms with E-state index in [1.54, 1.807) is 13.0 Å². The molecule has 0 aromatic rings. The van der Waals surface area contributed by atoms with Gasteiger partial charge < -0.3 is 5.11 Å². The fraction of sp³-hybridized carbons (Fsp3) is 0.500. The minimum Gasteiger partial charge on any atom is -0.394 e. The highest BCUT2D eigenvalue weighted by Gasteiger charge is 2.28. The second-order valence-electron chi connectivity index (χ2n) is 2.97. The number of terminal acetylenes is 1. The maximum Gasteiger partial charge on any atom is 0.179 e. The van der Waals surface area contributed by atoms with Gasteiger partial charge in [0, 0.05) is 12.5 Å². The molecule has 0 aromatic carbocycles. The third-order valence-corrected chi connectivity index (χ3v) is 2.24. The predicted molar refractivity (Wildman–Crippen MR) is 49.5 cm³/mol. The van der Waals surface area contributed by atoms with Crippen molar-refractivity contribution in [1.29, 1.82) is 0 Å². The minimum absolute atomic E-state index is 0.00514. The molecule has 1 heterocycles. The van der Waals surface area contributed by atoms with E-state index in [9.17, 15) is 4.79 Å². The van der Waals surface area contributed by atoms with Gasteiger partial charge in [-0.15, -0.1) is 0 Å². The Morgan fingerprint density at radius 1 is 1.85 bits per heavy atom. The summed E-state index contributed by atoms with van der Waals surface area (Å²) in [5, 5.41) is 9.02. The highest BCUT2D eigenvalue weighted by atomic mass is 16.3. The van der Waals surface area contributed by atoms with Crippen LogP contribution in [-0.4, -0.2) is 28.4 Å². The first-order valence-electron chi connectivity index (χ1n) is 4.30. The molecule has 3 heteroatoms. The molecule has 1 saturated heterocycles. The van der Waals surface area contributed by atoms with Crippen molar-refractivity contribution in [3.05, 3.63) is 11.8 Å². The van der Waals surface area contributed by atoms with Crippen LogP contribution in [0.1, 0.15) is 19.8 Å². The number of Topliss-reactive ketones (excluding diaryl/α,β-unsaturated/α-hetero) is 1. The van der Waals surface area contributed by atoms with Gasteiger partial charge in [-0.1, -0.05) is 12.5 Å². The van der Waals surface area contributed by atoms with Crippen LogP contribution in [0.4, 0.5) is 0 Å². The van der Waals surface area contributed by atoms with Crippen LogP contribution in [0.5, 0.6) is 0 Å². The quantitative estimate of drug-likeness (QED) is 0.471. The Hall–Kier alpha value is -1.27. The molecule has 70 valence electrons. The molecule has 13 heavy (non-hydrogen) atoms. The zero-order valence-electron chi connectivity index (χ0n) is 7.66. The molecular weight excluding hydrogens is 166 g/mol. The summed E-state index contributed by atoms with van der Waals surface area (Å²) >= 11 is 0. The first kappa shape index (κ1) is 9.82. The molecule has 3 nitrogen and oxygen atoms in total. The fourth-order valence-electron chi connectivity index (χ4n) is 1.53. The number of carbonyl (C=O) groups excluding carboxylic acids is 1. The van der Waals surface area contributed by atoms with E-state index in [-0.39, 0.29) is 18.4 Å². The van der Waals surface area contributed by atoms with Crippen LogP contribution in [-0.2, 0) is 4.79 Å². The lowest BCUT2D eigenvalue weighted by Gasteiger charge is -2.32. The summed E-state index contributed by atoms with van der Waals surface area (Å²) in [6, 6.07) is 2.32. The second-order valence-corrected chi connectivity index (χ2v) is 2.97. The van der Waals surface area contributed by atoms with Crippen molar-refractivity contribution in [2.45, 2.75) is 25.8 Å². The van der Waals surface area contributed by atoms with Crippen molar-refractivity contribution >= 4 is 5.78 Å². The number of carbonyl (C=O) groups is 1. The van der Waals surface area contributed by atoms with Gasteiger partial charge >= 0.3 is 0 Å². The van der Waals surface area contributed by atoms with Gasteiger partial charge in [0.05, 0.1) is 18.3 Å². The van der Waals surface area contributed by atoms with Gasteiger partial charge in [-0.05, 0) is 13.3 Å². The summed E-state index contributed by atoms with van der Waals surface area (Å²) in [6.45, 7) is 1.77. The number of likely N-dealkylation sites (tertiary alicyclic amines) is 1. The van der Waals surface area contributed by atoms with Crippen LogP contribution in [0.2, 0.25) is 0 Å². The molecular formula is C10H13NO2. The molecule has 0 aliphatic carbocycles. The Morgan fingerprint density at radius 2 is 2.54 bits per heavy atom. The summed E-state index contributed by atoms with van der Waals surface area (Å²) in [5.74, 6) is 0.0603. The first-order valence-corrected chi connectivity index (χ1v) is 4.30. The lowest BCUT2D eigenvalue weighted by atomic mass is 9.99. The molecule has 0 bridgehead atoms. The third kappa shape index (κ3) is 1.73. The zero-order chi connectivity index (χ0) is 9.84. The number of ketones is 1. The fourth-order valence-corrected chi connectivity index (χ4v) is 1.53. The van der Waals surface area contributed by atoms with E-state index < -0.39 is 0 Å². The van der Waals surface area contributed by atoms with E-state index >= 15 is 0 Å². The second kappa shape index (κ2) is 4.11. The average molecular weight is 179 g/mol. The molecule has 0 aromatic heterocycles. The monoisotopic (exact) mass is 179 g/mol. The molecule has 1 rings (SSSR count). The van der Waals surface area contributed by atoms with Crippen molar-refractivity contribution in [2.75, 3.05) is 6.61 Å². The number of hydrogen-bond donors (Lipinski definition) is 1. The average Bonchev–Trinajstić information content (AvgIpc) is 2.17. The molecule has 0 amide bonds. The van der Waals surface area contributed by atoms with Crippen molar-refractivity contribution in [1.82, 2.24) is 4.90 Å². The number of rotatable bonds is 1. The molecule has 1 fully saturated rings. The van der Waals surface area contributed by atoms with Gasteiger partial charge in [-0.25, -0.2) is 0 Å². The van der Waals surface area contributed by atoms with Gasteiger partial charge in [-0.2, -0.15) is 0 Å². The topological polar surface area (TPSA) is 40.5 Å². The number of aliphatic hydroxyl groups is 1. The van der Waals surface area contributed by atoms with E-state index in [1.807, 2.05) is 0 Å². The summed E-state index contributed by atoms with van der Waals surface area (Å²) in [5.41, 5.74) is 0.535. The Balaban J connectivity index is 2.91. The Kier molecular flexibility index (Phi) is 3.10. The molecule has 0 saturated carbocycles. The standard InChI is InChI=1S/C10H13NO2/c1-3-9-10(13)6-5-8(7-12)11(9)4-2/h2-3,8,12H,5-7H2,1H3/b9-3-. The molecule has 1 aliphatic heterocycles. The normalized spacial score (nSPS) is 26.2. The van der Waals surface area contributed by atoms with Gasteiger partial charge in [-0.3, -0.25) is 9.69 Å². The summed E-state index contributed by atoms with van der Waals surface area (Å²) in [7, 11) is 0. The summed E-state index contributed by atoms with van der Waals surface area (Å²) in [4.78, 5) is 12.9. The smallest absolute Gasteiger partial charge is 0.179 e. The number of allylic oxidation sites excluding steroid dienone is 2. The SMILES string of the molecule is C#CN1/C(=C\C)C(=O)CCC1CO. The van der Waals surface area contributed by atoms with Crippen LogP contribution in [0, 0.1) is 12.5 Å². The molecule has 1 atom stereocenters.